The van der Waals surface area contributed by atoms with E-state index in [9.17, 15) is 13.2 Å². The van der Waals surface area contributed by atoms with E-state index in [1.54, 1.807) is 19.1 Å². The van der Waals surface area contributed by atoms with Gasteiger partial charge in [-0.2, -0.15) is 0 Å². The van der Waals surface area contributed by atoms with Crippen LogP contribution in [0, 0.1) is 13.8 Å². The molecule has 0 aromatic heterocycles. The van der Waals surface area contributed by atoms with Gasteiger partial charge in [0.25, 0.3) is 10.0 Å². The van der Waals surface area contributed by atoms with Crippen molar-refractivity contribution in [2.45, 2.75) is 25.7 Å². The molecule has 0 heterocycles. The van der Waals surface area contributed by atoms with Crippen molar-refractivity contribution >= 4 is 15.9 Å². The number of benzene rings is 1. The molecule has 0 radical (unpaired) electrons. The van der Waals surface area contributed by atoms with Gasteiger partial charge in [0, 0.05) is 6.92 Å². The molecule has 0 aliphatic heterocycles. The second-order valence-corrected chi connectivity index (χ2v) is 5.21. The van der Waals surface area contributed by atoms with Crippen molar-refractivity contribution in [2.75, 3.05) is 0 Å². The zero-order valence-corrected chi connectivity index (χ0v) is 10.2. The van der Waals surface area contributed by atoms with E-state index >= 15 is 0 Å². The Morgan fingerprint density at radius 3 is 2.38 bits per heavy atom. The van der Waals surface area contributed by atoms with Crippen LogP contribution in [-0.2, 0) is 14.8 Å². The first-order chi connectivity index (χ1) is 7.33. The lowest BCUT2D eigenvalue weighted by atomic mass is 10.2. The van der Waals surface area contributed by atoms with Crippen LogP contribution in [0.2, 0.25) is 0 Å². The second-order valence-electron chi connectivity index (χ2n) is 3.56. The Morgan fingerprint density at radius 1 is 1.25 bits per heavy atom. The molecule has 0 atom stereocenters. The van der Waals surface area contributed by atoms with Crippen LogP contribution < -0.4 is 10.3 Å². The van der Waals surface area contributed by atoms with E-state index in [0.29, 0.717) is 5.56 Å². The van der Waals surface area contributed by atoms with Gasteiger partial charge in [0.15, 0.2) is 0 Å². The van der Waals surface area contributed by atoms with E-state index in [1.165, 1.54) is 13.0 Å². The summed E-state index contributed by atoms with van der Waals surface area (Å²) in [5.41, 5.74) is 3.67. The summed E-state index contributed by atoms with van der Waals surface area (Å²) in [6.45, 7) is 4.81. The standard InChI is InChI=1S/C10H14N2O3S/c1-7-4-5-10(8(2)6-7)16(14,15)12-11-9(3)13/h4-6,12H,1-3H3,(H,11,13). The van der Waals surface area contributed by atoms with Crippen LogP contribution in [0.1, 0.15) is 18.1 Å². The van der Waals surface area contributed by atoms with Crippen molar-refractivity contribution in [1.29, 1.82) is 0 Å². The van der Waals surface area contributed by atoms with E-state index in [-0.39, 0.29) is 4.90 Å². The largest absolute Gasteiger partial charge is 0.278 e. The zero-order chi connectivity index (χ0) is 12.3. The number of carbonyl (C=O) groups excluding carboxylic acids is 1. The molecule has 0 aliphatic carbocycles. The number of carbonyl (C=O) groups is 1. The molecular weight excluding hydrogens is 228 g/mol. The summed E-state index contributed by atoms with van der Waals surface area (Å²) in [4.78, 5) is 12.8. The van der Waals surface area contributed by atoms with Crippen molar-refractivity contribution in [1.82, 2.24) is 10.3 Å². The molecule has 16 heavy (non-hydrogen) atoms. The molecule has 0 fully saturated rings. The molecule has 5 nitrogen and oxygen atoms in total. The van der Waals surface area contributed by atoms with Crippen molar-refractivity contribution in [2.24, 2.45) is 0 Å². The number of rotatable bonds is 3. The molecule has 0 saturated heterocycles. The van der Waals surface area contributed by atoms with Crippen molar-refractivity contribution < 1.29 is 13.2 Å². The molecule has 0 unspecified atom stereocenters. The van der Waals surface area contributed by atoms with E-state index in [4.69, 9.17) is 0 Å². The maximum atomic E-state index is 11.7. The minimum absolute atomic E-state index is 0.159. The first kappa shape index (κ1) is 12.7. The predicted molar refractivity (Wildman–Crippen MR) is 60.1 cm³/mol. The van der Waals surface area contributed by atoms with Gasteiger partial charge < -0.3 is 0 Å². The molecule has 6 heteroatoms. The van der Waals surface area contributed by atoms with Gasteiger partial charge in [-0.25, -0.2) is 8.42 Å². The zero-order valence-electron chi connectivity index (χ0n) is 9.37. The van der Waals surface area contributed by atoms with Crippen LogP contribution in [0.25, 0.3) is 0 Å². The van der Waals surface area contributed by atoms with Gasteiger partial charge in [0.05, 0.1) is 4.90 Å². The van der Waals surface area contributed by atoms with Crippen LogP contribution in [0.15, 0.2) is 23.1 Å². The third-order valence-corrected chi connectivity index (χ3v) is 3.39. The fourth-order valence-corrected chi connectivity index (χ4v) is 2.41. The highest BCUT2D eigenvalue weighted by Gasteiger charge is 2.16. The topological polar surface area (TPSA) is 75.3 Å². The molecule has 0 saturated carbocycles. The van der Waals surface area contributed by atoms with Gasteiger partial charge in [0.1, 0.15) is 0 Å². The summed E-state index contributed by atoms with van der Waals surface area (Å²) in [6.07, 6.45) is 0. The molecule has 0 aliphatic rings. The van der Waals surface area contributed by atoms with Crippen LogP contribution in [0.5, 0.6) is 0 Å². The van der Waals surface area contributed by atoms with Crippen molar-refractivity contribution in [3.8, 4) is 0 Å². The summed E-state index contributed by atoms with van der Waals surface area (Å²) >= 11 is 0. The summed E-state index contributed by atoms with van der Waals surface area (Å²) in [7, 11) is -3.68. The molecule has 0 bridgehead atoms. The monoisotopic (exact) mass is 242 g/mol. The Hall–Kier alpha value is -1.40. The van der Waals surface area contributed by atoms with Crippen LogP contribution in [0.4, 0.5) is 0 Å². The highest BCUT2D eigenvalue weighted by Crippen LogP contribution is 2.15. The molecule has 0 spiro atoms. The van der Waals surface area contributed by atoms with Gasteiger partial charge >= 0.3 is 0 Å². The third-order valence-electron chi connectivity index (χ3n) is 1.98. The average molecular weight is 242 g/mol. The Labute approximate surface area is 94.9 Å². The predicted octanol–water partition coefficient (Wildman–Crippen LogP) is 0.633. The van der Waals surface area contributed by atoms with E-state index in [0.717, 1.165) is 5.56 Å². The number of hydrazine groups is 1. The summed E-state index contributed by atoms with van der Waals surface area (Å²) in [6, 6.07) is 4.98. The van der Waals surface area contributed by atoms with E-state index in [1.807, 2.05) is 17.2 Å². The number of aryl methyl sites for hydroxylation is 2. The lowest BCUT2D eigenvalue weighted by Crippen LogP contribution is -2.40. The Bertz CT molecular complexity index is 509. The number of sulfonamides is 1. The molecule has 2 N–H and O–H groups in total. The minimum Gasteiger partial charge on any atom is -0.278 e. The fourth-order valence-electron chi connectivity index (χ4n) is 1.29. The Morgan fingerprint density at radius 2 is 1.88 bits per heavy atom. The maximum Gasteiger partial charge on any atom is 0.257 e. The second kappa shape index (κ2) is 4.63. The Balaban J connectivity index is 3.03. The third kappa shape index (κ3) is 3.04. The van der Waals surface area contributed by atoms with Gasteiger partial charge in [-0.1, -0.05) is 17.7 Å². The fraction of sp³-hybridized carbons (Fsp3) is 0.300. The molecule has 88 valence electrons. The molecule has 1 rings (SSSR count). The Kier molecular flexibility index (Phi) is 3.66. The summed E-state index contributed by atoms with van der Waals surface area (Å²) < 4.78 is 23.5. The highest BCUT2D eigenvalue weighted by molar-refractivity contribution is 7.89. The van der Waals surface area contributed by atoms with Crippen molar-refractivity contribution in [3.05, 3.63) is 29.3 Å². The van der Waals surface area contributed by atoms with Gasteiger partial charge in [-0.3, -0.25) is 10.2 Å². The number of amides is 1. The van der Waals surface area contributed by atoms with Gasteiger partial charge in [-0.15, -0.1) is 4.83 Å². The minimum atomic E-state index is -3.68. The van der Waals surface area contributed by atoms with Crippen LogP contribution in [-0.4, -0.2) is 14.3 Å². The normalized spacial score (nSPS) is 11.2. The van der Waals surface area contributed by atoms with Crippen LogP contribution in [0.3, 0.4) is 0 Å². The number of hydrogen-bond acceptors (Lipinski definition) is 3. The lowest BCUT2D eigenvalue weighted by Gasteiger charge is -2.09. The van der Waals surface area contributed by atoms with E-state index < -0.39 is 15.9 Å². The summed E-state index contributed by atoms with van der Waals surface area (Å²) in [5.74, 6) is -0.465. The van der Waals surface area contributed by atoms with Crippen molar-refractivity contribution in [3.63, 3.8) is 0 Å². The van der Waals surface area contributed by atoms with E-state index in [2.05, 4.69) is 0 Å². The number of hydrogen-bond donors (Lipinski definition) is 2. The molecule has 1 aromatic rings. The molecular formula is C10H14N2O3S. The molecule has 1 amide bonds. The quantitative estimate of drug-likeness (QED) is 0.763. The highest BCUT2D eigenvalue weighted by atomic mass is 32.2. The van der Waals surface area contributed by atoms with Gasteiger partial charge in [0.2, 0.25) is 5.91 Å². The lowest BCUT2D eigenvalue weighted by molar-refractivity contribution is -0.119. The summed E-state index contributed by atoms with van der Waals surface area (Å²) in [5, 5.41) is 0. The SMILES string of the molecule is CC(=O)NNS(=O)(=O)c1ccc(C)cc1C. The first-order valence-corrected chi connectivity index (χ1v) is 6.17. The maximum absolute atomic E-state index is 11.7. The smallest absolute Gasteiger partial charge is 0.257 e. The van der Waals surface area contributed by atoms with Crippen LogP contribution >= 0.6 is 0 Å². The van der Waals surface area contributed by atoms with Gasteiger partial charge in [-0.05, 0) is 25.5 Å². The molecule has 1 aromatic carbocycles. The first-order valence-electron chi connectivity index (χ1n) is 4.68. The number of nitrogens with one attached hydrogen (secondary N) is 2. The average Bonchev–Trinajstić information content (AvgIpc) is 2.14.